The lowest BCUT2D eigenvalue weighted by molar-refractivity contribution is 0.258. The second kappa shape index (κ2) is 7.50. The molecular weight excluding hydrogens is 312 g/mol. The molecule has 1 aliphatic rings. The fourth-order valence-corrected chi connectivity index (χ4v) is 3.01. The van der Waals surface area contributed by atoms with Crippen LogP contribution in [-0.4, -0.2) is 47.1 Å². The Labute approximate surface area is 138 Å². The third-order valence-electron chi connectivity index (χ3n) is 4.30. The van der Waals surface area contributed by atoms with Gasteiger partial charge in [0.1, 0.15) is 0 Å². The van der Waals surface area contributed by atoms with Gasteiger partial charge in [-0.3, -0.25) is 0 Å². The number of nitrogens with one attached hydrogen (secondary N) is 2. The van der Waals surface area contributed by atoms with Crippen LogP contribution < -0.4 is 21.7 Å². The number of H-pyrrole nitrogens is 1. The number of aliphatic hydroxyl groups excluding tert-OH is 1. The summed E-state index contributed by atoms with van der Waals surface area (Å²) in [5.41, 5.74) is 1.49. The molecule has 2 heterocycles. The zero-order valence-electron chi connectivity index (χ0n) is 13.4. The molecule has 1 aliphatic heterocycles. The van der Waals surface area contributed by atoms with E-state index in [9.17, 15) is 9.59 Å². The van der Waals surface area contributed by atoms with Gasteiger partial charge in [-0.1, -0.05) is 12.1 Å². The Morgan fingerprint density at radius 3 is 2.50 bits per heavy atom. The lowest BCUT2D eigenvalue weighted by Crippen LogP contribution is -2.43. The number of aromatic amines is 1. The maximum Gasteiger partial charge on any atom is 0.440 e. The van der Waals surface area contributed by atoms with Crippen LogP contribution in [0.25, 0.3) is 0 Å². The summed E-state index contributed by atoms with van der Waals surface area (Å²) < 4.78 is 5.78. The fourth-order valence-electron chi connectivity index (χ4n) is 3.01. The first-order chi connectivity index (χ1) is 11.7. The monoisotopic (exact) mass is 334 g/mol. The van der Waals surface area contributed by atoms with Crippen molar-refractivity contribution in [3.05, 3.63) is 50.9 Å². The highest BCUT2D eigenvalue weighted by Crippen LogP contribution is 2.20. The maximum absolute atomic E-state index is 11.4. The van der Waals surface area contributed by atoms with E-state index in [0.29, 0.717) is 12.6 Å². The molecule has 0 spiro atoms. The lowest BCUT2D eigenvalue weighted by Gasteiger charge is -2.34. The summed E-state index contributed by atoms with van der Waals surface area (Å²) in [7, 11) is 0. The van der Waals surface area contributed by atoms with E-state index in [0.717, 1.165) is 41.9 Å². The van der Waals surface area contributed by atoms with Crippen LogP contribution in [0.2, 0.25) is 0 Å². The van der Waals surface area contributed by atoms with E-state index < -0.39 is 11.4 Å². The van der Waals surface area contributed by atoms with Crippen molar-refractivity contribution in [1.29, 1.82) is 0 Å². The van der Waals surface area contributed by atoms with Crippen molar-refractivity contribution in [1.82, 2.24) is 15.0 Å². The summed E-state index contributed by atoms with van der Waals surface area (Å²) >= 11 is 0. The average Bonchev–Trinajstić information content (AvgIpc) is 2.91. The lowest BCUT2D eigenvalue weighted by atomic mass is 10.0. The first-order valence-electron chi connectivity index (χ1n) is 8.14. The third kappa shape index (κ3) is 3.95. The number of anilines is 1. The molecule has 0 saturated carbocycles. The Balaban J connectivity index is 1.58. The van der Waals surface area contributed by atoms with Crippen LogP contribution in [-0.2, 0) is 6.54 Å². The minimum absolute atomic E-state index is 0.173. The first-order valence-corrected chi connectivity index (χ1v) is 8.14. The standard InChI is InChI=1S/C16H22N4O4/c21-10-7-17-13-5-8-19(9-6-13)14-3-1-12(2-4-14)11-20-15(22)18-16(23)24-20/h1-4,13,17,21H,5-11H2,(H,18,22,23). The number of benzene rings is 1. The van der Waals surface area contributed by atoms with Crippen LogP contribution in [0.3, 0.4) is 0 Å². The molecular formula is C16H22N4O4. The van der Waals surface area contributed by atoms with Crippen LogP contribution in [0.1, 0.15) is 18.4 Å². The summed E-state index contributed by atoms with van der Waals surface area (Å²) in [4.78, 5) is 26.8. The van der Waals surface area contributed by atoms with Gasteiger partial charge in [0.2, 0.25) is 0 Å². The number of piperidine rings is 1. The van der Waals surface area contributed by atoms with Gasteiger partial charge >= 0.3 is 11.4 Å². The Hall–Kier alpha value is -2.32. The van der Waals surface area contributed by atoms with E-state index in [-0.39, 0.29) is 13.2 Å². The number of hydrogen-bond donors (Lipinski definition) is 3. The van der Waals surface area contributed by atoms with E-state index >= 15 is 0 Å². The van der Waals surface area contributed by atoms with Crippen molar-refractivity contribution < 1.29 is 9.63 Å². The smallest absolute Gasteiger partial charge is 0.395 e. The number of hydrogen-bond acceptors (Lipinski definition) is 6. The summed E-state index contributed by atoms with van der Waals surface area (Å²) in [6.07, 6.45) is 2.09. The minimum Gasteiger partial charge on any atom is -0.395 e. The van der Waals surface area contributed by atoms with Crippen molar-refractivity contribution in [2.75, 3.05) is 31.1 Å². The minimum atomic E-state index is -0.741. The van der Waals surface area contributed by atoms with Gasteiger partial charge in [-0.05, 0) is 30.5 Å². The van der Waals surface area contributed by atoms with Gasteiger partial charge in [-0.2, -0.15) is 0 Å². The predicted octanol–water partition coefficient (Wildman–Crippen LogP) is -0.271. The molecule has 130 valence electrons. The molecule has 1 aromatic carbocycles. The maximum atomic E-state index is 11.4. The van der Waals surface area contributed by atoms with Gasteiger partial charge in [-0.15, -0.1) is 4.74 Å². The highest BCUT2D eigenvalue weighted by Gasteiger charge is 2.18. The number of aliphatic hydroxyl groups is 1. The van der Waals surface area contributed by atoms with Gasteiger partial charge in [0.05, 0.1) is 13.2 Å². The first kappa shape index (κ1) is 16.5. The van der Waals surface area contributed by atoms with Gasteiger partial charge in [0.15, 0.2) is 0 Å². The fraction of sp³-hybridized carbons (Fsp3) is 0.500. The Morgan fingerprint density at radius 1 is 1.21 bits per heavy atom. The molecule has 0 radical (unpaired) electrons. The molecule has 3 rings (SSSR count). The molecule has 0 atom stereocenters. The molecule has 1 aromatic heterocycles. The molecule has 8 heteroatoms. The van der Waals surface area contributed by atoms with E-state index in [4.69, 9.17) is 9.63 Å². The quantitative estimate of drug-likeness (QED) is 0.672. The summed E-state index contributed by atoms with van der Waals surface area (Å²) in [6.45, 7) is 2.98. The third-order valence-corrected chi connectivity index (χ3v) is 4.30. The van der Waals surface area contributed by atoms with E-state index in [2.05, 4.69) is 15.2 Å². The highest BCUT2D eigenvalue weighted by atomic mass is 16.5. The predicted molar refractivity (Wildman–Crippen MR) is 89.5 cm³/mol. The Morgan fingerprint density at radius 2 is 1.92 bits per heavy atom. The molecule has 0 aliphatic carbocycles. The SMILES string of the molecule is O=c1[nH]c(=O)n(Cc2ccc(N3CCC(NCCO)CC3)cc2)o1. The van der Waals surface area contributed by atoms with E-state index in [1.165, 1.54) is 0 Å². The number of rotatable bonds is 6. The Bertz CT molecular complexity index is 753. The van der Waals surface area contributed by atoms with Crippen LogP contribution >= 0.6 is 0 Å². The average molecular weight is 334 g/mol. The molecule has 1 fully saturated rings. The van der Waals surface area contributed by atoms with Gasteiger partial charge in [-0.25, -0.2) is 14.6 Å². The van der Waals surface area contributed by atoms with Crippen LogP contribution in [0, 0.1) is 0 Å². The number of aromatic nitrogens is 2. The Kier molecular flexibility index (Phi) is 5.17. The molecule has 2 aromatic rings. The molecule has 24 heavy (non-hydrogen) atoms. The van der Waals surface area contributed by atoms with Crippen molar-refractivity contribution in [2.24, 2.45) is 0 Å². The summed E-state index contributed by atoms with van der Waals surface area (Å²) in [6, 6.07) is 8.38. The molecule has 0 amide bonds. The van der Waals surface area contributed by atoms with Crippen molar-refractivity contribution in [3.63, 3.8) is 0 Å². The molecule has 8 nitrogen and oxygen atoms in total. The van der Waals surface area contributed by atoms with Gasteiger partial charge < -0.3 is 19.8 Å². The van der Waals surface area contributed by atoms with Crippen molar-refractivity contribution in [3.8, 4) is 0 Å². The van der Waals surface area contributed by atoms with Gasteiger partial charge in [0, 0.05) is 31.4 Å². The normalized spacial score (nSPS) is 15.8. The molecule has 3 N–H and O–H groups in total. The second-order valence-electron chi connectivity index (χ2n) is 5.95. The van der Waals surface area contributed by atoms with Crippen LogP contribution in [0.15, 0.2) is 38.4 Å². The largest absolute Gasteiger partial charge is 0.440 e. The van der Waals surface area contributed by atoms with Crippen molar-refractivity contribution >= 4 is 5.69 Å². The highest BCUT2D eigenvalue weighted by molar-refractivity contribution is 5.48. The zero-order valence-corrected chi connectivity index (χ0v) is 13.4. The number of nitrogens with zero attached hydrogens (tertiary/aromatic N) is 2. The van der Waals surface area contributed by atoms with Crippen LogP contribution in [0.4, 0.5) is 5.69 Å². The molecule has 0 bridgehead atoms. The topological polar surface area (TPSA) is 104 Å². The second-order valence-corrected chi connectivity index (χ2v) is 5.95. The summed E-state index contributed by atoms with van der Waals surface area (Å²) in [5, 5.41) is 12.2. The van der Waals surface area contributed by atoms with Gasteiger partial charge in [0.25, 0.3) is 0 Å². The zero-order chi connectivity index (χ0) is 16.9. The van der Waals surface area contributed by atoms with Crippen molar-refractivity contribution in [2.45, 2.75) is 25.4 Å². The molecule has 0 unspecified atom stereocenters. The van der Waals surface area contributed by atoms with Crippen LogP contribution in [0.5, 0.6) is 0 Å². The van der Waals surface area contributed by atoms with E-state index in [1.807, 2.05) is 24.3 Å². The molecule has 1 saturated heterocycles. The van der Waals surface area contributed by atoms with E-state index in [1.54, 1.807) is 0 Å². The summed E-state index contributed by atoms with van der Waals surface area (Å²) in [5.74, 6) is -0.741.